The summed E-state index contributed by atoms with van der Waals surface area (Å²) in [6.07, 6.45) is 0. The molecule has 26 heavy (non-hydrogen) atoms. The van der Waals surface area contributed by atoms with E-state index in [9.17, 15) is 4.79 Å². The molecule has 0 atom stereocenters. The van der Waals surface area contributed by atoms with E-state index in [0.717, 1.165) is 16.5 Å². The number of benzene rings is 2. The summed E-state index contributed by atoms with van der Waals surface area (Å²) in [4.78, 5) is 12.6. The summed E-state index contributed by atoms with van der Waals surface area (Å²) in [6, 6.07) is 13.3. The number of fused-ring (bicyclic) bond motifs is 1. The predicted molar refractivity (Wildman–Crippen MR) is 104 cm³/mol. The van der Waals surface area contributed by atoms with Crippen LogP contribution in [0.25, 0.3) is 22.1 Å². The lowest BCUT2D eigenvalue weighted by molar-refractivity contribution is 0.0986. The Kier molecular flexibility index (Phi) is 5.14. The van der Waals surface area contributed by atoms with Crippen molar-refractivity contribution in [2.75, 3.05) is 6.79 Å². The van der Waals surface area contributed by atoms with Crippen molar-refractivity contribution >= 4 is 11.0 Å². The zero-order valence-corrected chi connectivity index (χ0v) is 15.6. The summed E-state index contributed by atoms with van der Waals surface area (Å²) in [7, 11) is 0. The van der Waals surface area contributed by atoms with Crippen LogP contribution in [0.15, 0.2) is 51.7 Å². The molecule has 0 saturated carbocycles. The Morgan fingerprint density at radius 1 is 0.962 bits per heavy atom. The van der Waals surface area contributed by atoms with E-state index in [1.165, 1.54) is 5.56 Å². The van der Waals surface area contributed by atoms with E-state index in [1.54, 1.807) is 12.1 Å². The molecule has 0 fully saturated rings. The Balaban J connectivity index is 2.17. The van der Waals surface area contributed by atoms with Gasteiger partial charge in [-0.25, -0.2) is 4.79 Å². The molecule has 3 aromatic rings. The third-order valence-electron chi connectivity index (χ3n) is 4.59. The van der Waals surface area contributed by atoms with Crippen molar-refractivity contribution in [3.8, 4) is 16.9 Å². The average Bonchev–Trinajstić information content (AvgIpc) is 2.60. The van der Waals surface area contributed by atoms with Gasteiger partial charge in [0.1, 0.15) is 11.3 Å². The largest absolute Gasteiger partial charge is 0.468 e. The zero-order chi connectivity index (χ0) is 18.8. The predicted octanol–water partition coefficient (Wildman–Crippen LogP) is 5.04. The molecule has 1 aromatic heterocycles. The molecule has 0 spiro atoms. The minimum Gasteiger partial charge on any atom is -0.468 e. The highest BCUT2D eigenvalue weighted by Crippen LogP contribution is 2.32. The summed E-state index contributed by atoms with van der Waals surface area (Å²) in [5.41, 5.74) is 3.94. The van der Waals surface area contributed by atoms with Gasteiger partial charge >= 0.3 is 5.63 Å². The molecule has 0 amide bonds. The first-order valence-electron chi connectivity index (χ1n) is 8.86. The lowest BCUT2D eigenvalue weighted by Crippen LogP contribution is -2.06. The topological polar surface area (TPSA) is 59.7 Å². The Hall–Kier alpha value is -2.59. The highest BCUT2D eigenvalue weighted by molar-refractivity contribution is 5.83. The van der Waals surface area contributed by atoms with Gasteiger partial charge in [-0.15, -0.1) is 0 Å². The van der Waals surface area contributed by atoms with E-state index in [4.69, 9.17) is 14.3 Å². The average molecular weight is 352 g/mol. The van der Waals surface area contributed by atoms with Gasteiger partial charge in [-0.3, -0.25) is 0 Å². The Morgan fingerprint density at radius 3 is 2.38 bits per heavy atom. The number of ether oxygens (including phenoxy) is 1. The molecular weight excluding hydrogens is 328 g/mol. The van der Waals surface area contributed by atoms with Crippen molar-refractivity contribution in [2.24, 2.45) is 0 Å². The van der Waals surface area contributed by atoms with Crippen molar-refractivity contribution in [3.05, 3.63) is 64.0 Å². The summed E-state index contributed by atoms with van der Waals surface area (Å²) in [5.74, 6) is 1.18. The van der Waals surface area contributed by atoms with Gasteiger partial charge in [0.2, 0.25) is 0 Å². The fourth-order valence-corrected chi connectivity index (χ4v) is 3.11. The molecule has 4 nitrogen and oxygen atoms in total. The fraction of sp³-hybridized carbons (Fsp3) is 0.318. The van der Waals surface area contributed by atoms with Gasteiger partial charge in [0.15, 0.2) is 6.79 Å². The van der Waals surface area contributed by atoms with Crippen molar-refractivity contribution in [1.82, 2.24) is 0 Å². The van der Waals surface area contributed by atoms with Crippen LogP contribution in [0.4, 0.5) is 0 Å². The third kappa shape index (κ3) is 3.51. The van der Waals surface area contributed by atoms with Gasteiger partial charge < -0.3 is 14.3 Å². The normalized spacial score (nSPS) is 11.5. The van der Waals surface area contributed by atoms with E-state index >= 15 is 0 Å². The van der Waals surface area contributed by atoms with Gasteiger partial charge in [0.05, 0.1) is 5.56 Å². The molecule has 4 heteroatoms. The van der Waals surface area contributed by atoms with Crippen LogP contribution in [-0.2, 0) is 0 Å². The second-order valence-electron chi connectivity index (χ2n) is 7.08. The number of rotatable bonds is 5. The first kappa shape index (κ1) is 18.2. The third-order valence-corrected chi connectivity index (χ3v) is 4.59. The molecule has 3 rings (SSSR count). The lowest BCUT2D eigenvalue weighted by atomic mass is 9.89. The van der Waals surface area contributed by atoms with Crippen molar-refractivity contribution in [1.29, 1.82) is 0 Å². The molecule has 0 unspecified atom stereocenters. The van der Waals surface area contributed by atoms with Crippen LogP contribution in [0.5, 0.6) is 5.75 Å². The lowest BCUT2D eigenvalue weighted by Gasteiger charge is -2.16. The van der Waals surface area contributed by atoms with Crippen LogP contribution in [0.1, 0.15) is 50.7 Å². The molecule has 0 aliphatic carbocycles. The fourth-order valence-electron chi connectivity index (χ4n) is 3.11. The molecular formula is C22H24O4. The quantitative estimate of drug-likeness (QED) is 0.516. The van der Waals surface area contributed by atoms with Gasteiger partial charge in [-0.2, -0.15) is 0 Å². The molecule has 1 N–H and O–H groups in total. The van der Waals surface area contributed by atoms with Gasteiger partial charge in [-0.05, 0) is 46.7 Å². The molecule has 0 radical (unpaired) electrons. The van der Waals surface area contributed by atoms with Gasteiger partial charge in [-0.1, -0.05) is 45.9 Å². The minimum atomic E-state index is -0.423. The molecule has 0 bridgehead atoms. The van der Waals surface area contributed by atoms with Crippen LogP contribution in [-0.4, -0.2) is 11.9 Å². The SMILES string of the molecule is CC(C)c1ccc(-c2cc3ccc(OCO)cc3oc2=O)c(C(C)C)c1. The van der Waals surface area contributed by atoms with Crippen molar-refractivity contribution < 1.29 is 14.3 Å². The van der Waals surface area contributed by atoms with Crippen LogP contribution in [0.2, 0.25) is 0 Å². The highest BCUT2D eigenvalue weighted by Gasteiger charge is 2.16. The smallest absolute Gasteiger partial charge is 0.344 e. The first-order chi connectivity index (χ1) is 12.4. The molecule has 0 aliphatic heterocycles. The number of hydrogen-bond acceptors (Lipinski definition) is 4. The Labute approximate surface area is 153 Å². The van der Waals surface area contributed by atoms with E-state index < -0.39 is 6.79 Å². The van der Waals surface area contributed by atoms with Crippen LogP contribution >= 0.6 is 0 Å². The maximum absolute atomic E-state index is 12.6. The van der Waals surface area contributed by atoms with Crippen molar-refractivity contribution in [3.63, 3.8) is 0 Å². The van der Waals surface area contributed by atoms with Crippen LogP contribution in [0.3, 0.4) is 0 Å². The molecule has 2 aromatic carbocycles. The summed E-state index contributed by atoms with van der Waals surface area (Å²) in [6.45, 7) is 8.16. The van der Waals surface area contributed by atoms with E-state index in [0.29, 0.717) is 28.7 Å². The second-order valence-corrected chi connectivity index (χ2v) is 7.08. The summed E-state index contributed by atoms with van der Waals surface area (Å²) in [5, 5.41) is 9.68. The van der Waals surface area contributed by atoms with Gasteiger partial charge in [0.25, 0.3) is 0 Å². The zero-order valence-electron chi connectivity index (χ0n) is 15.6. The van der Waals surface area contributed by atoms with E-state index in [2.05, 4.69) is 39.8 Å². The maximum atomic E-state index is 12.6. The first-order valence-corrected chi connectivity index (χ1v) is 8.86. The number of aliphatic hydroxyl groups excluding tert-OH is 1. The maximum Gasteiger partial charge on any atom is 0.344 e. The minimum absolute atomic E-state index is 0.291. The monoisotopic (exact) mass is 352 g/mol. The summed E-state index contributed by atoms with van der Waals surface area (Å²) >= 11 is 0. The molecule has 136 valence electrons. The van der Waals surface area contributed by atoms with Crippen LogP contribution in [0, 0.1) is 0 Å². The standard InChI is InChI=1S/C22H24O4/c1-13(2)15-6-8-18(19(9-15)14(3)4)20-10-16-5-7-17(25-12-23)11-21(16)26-22(20)24/h5-11,13-14,23H,12H2,1-4H3. The van der Waals surface area contributed by atoms with Crippen LogP contribution < -0.4 is 10.4 Å². The number of hydrogen-bond donors (Lipinski definition) is 1. The number of aliphatic hydroxyl groups is 1. The van der Waals surface area contributed by atoms with Gasteiger partial charge in [0, 0.05) is 11.5 Å². The molecule has 0 saturated heterocycles. The van der Waals surface area contributed by atoms with Crippen molar-refractivity contribution in [2.45, 2.75) is 39.5 Å². The second kappa shape index (κ2) is 7.34. The van der Waals surface area contributed by atoms with E-state index in [-0.39, 0.29) is 5.63 Å². The Bertz CT molecular complexity index is 983. The Morgan fingerprint density at radius 2 is 1.73 bits per heavy atom. The van der Waals surface area contributed by atoms with E-state index in [1.807, 2.05) is 18.2 Å². The highest BCUT2D eigenvalue weighted by atomic mass is 16.6. The molecule has 1 heterocycles. The summed E-state index contributed by atoms with van der Waals surface area (Å²) < 4.78 is 10.6. The molecule has 0 aliphatic rings.